The van der Waals surface area contributed by atoms with Crippen LogP contribution in [-0.4, -0.2) is 70.0 Å². The Kier molecular flexibility index (Phi) is 13.2. The fourth-order valence-electron chi connectivity index (χ4n) is 5.38. The lowest BCUT2D eigenvalue weighted by Gasteiger charge is -2.29. The summed E-state index contributed by atoms with van der Waals surface area (Å²) in [5.41, 5.74) is 1.66. The molecule has 4 amide bonds. The van der Waals surface area contributed by atoms with Crippen LogP contribution in [0.4, 0.5) is 4.79 Å². The van der Waals surface area contributed by atoms with Gasteiger partial charge in [0.05, 0.1) is 4.60 Å². The summed E-state index contributed by atoms with van der Waals surface area (Å²) < 4.78 is 0.681. The molecule has 1 saturated heterocycles. The molecule has 0 bridgehead atoms. The Hall–Kier alpha value is -3.08. The number of carboxylic acids is 1. The first-order valence-electron chi connectivity index (χ1n) is 15.2. The van der Waals surface area contributed by atoms with E-state index in [4.69, 9.17) is 0 Å². The van der Waals surface area contributed by atoms with Crippen molar-refractivity contribution in [2.45, 2.75) is 103 Å². The van der Waals surface area contributed by atoms with Crippen molar-refractivity contribution < 1.29 is 24.3 Å². The molecule has 1 fully saturated rings. The van der Waals surface area contributed by atoms with Crippen LogP contribution in [0.1, 0.15) is 84.1 Å². The van der Waals surface area contributed by atoms with Crippen LogP contribution in [0.3, 0.4) is 0 Å². The van der Waals surface area contributed by atoms with Gasteiger partial charge in [-0.3, -0.25) is 9.59 Å². The zero-order valence-corrected chi connectivity index (χ0v) is 26.6. The van der Waals surface area contributed by atoms with Gasteiger partial charge in [0.2, 0.25) is 11.8 Å². The third-order valence-corrected chi connectivity index (χ3v) is 8.41. The van der Waals surface area contributed by atoms with Crippen molar-refractivity contribution in [3.05, 3.63) is 34.4 Å². The highest BCUT2D eigenvalue weighted by molar-refractivity contribution is 9.10. The number of carboxylic acid groups (broad SMARTS) is 1. The van der Waals surface area contributed by atoms with Crippen molar-refractivity contribution in [1.82, 2.24) is 25.8 Å². The van der Waals surface area contributed by atoms with E-state index >= 15 is 0 Å². The van der Waals surface area contributed by atoms with Gasteiger partial charge in [-0.25, -0.2) is 9.59 Å². The number of amides is 4. The fraction of sp³-hybridized carbons (Fsp3) is 0.613. The molecule has 1 aliphatic heterocycles. The van der Waals surface area contributed by atoms with Gasteiger partial charge in [-0.1, -0.05) is 71.1 Å². The van der Waals surface area contributed by atoms with Gasteiger partial charge in [0.15, 0.2) is 0 Å². The quantitative estimate of drug-likeness (QED) is 0.205. The molecule has 0 aliphatic carbocycles. The second kappa shape index (κ2) is 16.5. The van der Waals surface area contributed by atoms with Crippen LogP contribution in [0.25, 0.3) is 10.9 Å². The standard InChI is InChI=1S/C31H46BrN5O5/c1-4-5-14-24(30(40)41)34-29(39)26(19-22-21-13-9-10-15-23(21)33-27(22)32)35-28(38)25(18-20(2)3)36-31(42)37-16-11-7-6-8-12-17-37/h9-10,13,15,20,24-26,33H,4-8,11-12,14,16-19H2,1-3H3,(H,34,39)(H,35,38)(H,36,42)(H,40,41)/t24-,25+,26-/m1/s1. The van der Waals surface area contributed by atoms with Crippen molar-refractivity contribution in [3.8, 4) is 0 Å². The molecule has 232 valence electrons. The summed E-state index contributed by atoms with van der Waals surface area (Å²) in [4.78, 5) is 57.5. The topological polar surface area (TPSA) is 144 Å². The lowest BCUT2D eigenvalue weighted by atomic mass is 10.0. The zero-order valence-electron chi connectivity index (χ0n) is 25.0. The van der Waals surface area contributed by atoms with Crippen LogP contribution in [0.2, 0.25) is 0 Å². The monoisotopic (exact) mass is 647 g/mol. The largest absolute Gasteiger partial charge is 0.480 e. The van der Waals surface area contributed by atoms with Gasteiger partial charge < -0.3 is 30.9 Å². The van der Waals surface area contributed by atoms with E-state index in [1.165, 1.54) is 6.42 Å². The van der Waals surface area contributed by atoms with E-state index in [0.29, 0.717) is 30.5 Å². The first-order valence-corrected chi connectivity index (χ1v) is 16.0. The molecule has 2 aromatic rings. The molecule has 1 aromatic carbocycles. The van der Waals surface area contributed by atoms with Gasteiger partial charge in [-0.05, 0) is 59.2 Å². The lowest BCUT2D eigenvalue weighted by molar-refractivity contribution is -0.142. The minimum atomic E-state index is -1.12. The first kappa shape index (κ1) is 33.4. The Bertz CT molecular complexity index is 1210. The molecule has 0 spiro atoms. The summed E-state index contributed by atoms with van der Waals surface area (Å²) in [6, 6.07) is 4.38. The Labute approximate surface area is 256 Å². The smallest absolute Gasteiger partial charge is 0.326 e. The second-order valence-corrected chi connectivity index (χ2v) is 12.4. The van der Waals surface area contributed by atoms with E-state index in [1.807, 2.05) is 45.0 Å². The molecule has 1 aliphatic rings. The Morgan fingerprint density at radius 1 is 0.929 bits per heavy atom. The number of para-hydroxylation sites is 1. The van der Waals surface area contributed by atoms with E-state index in [0.717, 1.165) is 48.6 Å². The fourth-order valence-corrected chi connectivity index (χ4v) is 5.97. The summed E-state index contributed by atoms with van der Waals surface area (Å²) >= 11 is 3.56. The van der Waals surface area contributed by atoms with Gasteiger partial charge in [-0.2, -0.15) is 0 Å². The van der Waals surface area contributed by atoms with E-state index in [9.17, 15) is 24.3 Å². The molecule has 1 aromatic heterocycles. The zero-order chi connectivity index (χ0) is 30.6. The summed E-state index contributed by atoms with van der Waals surface area (Å²) in [6.07, 6.45) is 7.42. The maximum Gasteiger partial charge on any atom is 0.326 e. The molecule has 0 unspecified atom stereocenters. The Morgan fingerprint density at radius 3 is 2.19 bits per heavy atom. The predicted octanol–water partition coefficient (Wildman–Crippen LogP) is 5.11. The molecule has 5 N–H and O–H groups in total. The van der Waals surface area contributed by atoms with Gasteiger partial charge in [0.1, 0.15) is 18.1 Å². The molecule has 11 heteroatoms. The lowest BCUT2D eigenvalue weighted by Crippen LogP contribution is -2.57. The number of hydrogen-bond acceptors (Lipinski definition) is 4. The minimum absolute atomic E-state index is 0.105. The highest BCUT2D eigenvalue weighted by Gasteiger charge is 2.32. The number of likely N-dealkylation sites (tertiary alicyclic amines) is 1. The average Bonchev–Trinajstić information content (AvgIpc) is 3.23. The van der Waals surface area contributed by atoms with Gasteiger partial charge in [0, 0.05) is 30.4 Å². The third-order valence-electron chi connectivity index (χ3n) is 7.73. The normalized spacial score (nSPS) is 16.3. The number of benzene rings is 1. The van der Waals surface area contributed by atoms with Gasteiger partial charge in [-0.15, -0.1) is 0 Å². The molecular weight excluding hydrogens is 602 g/mol. The van der Waals surface area contributed by atoms with Crippen molar-refractivity contribution >= 4 is 50.6 Å². The molecule has 0 radical (unpaired) electrons. The number of halogens is 1. The second-order valence-electron chi connectivity index (χ2n) is 11.7. The molecule has 3 atom stereocenters. The van der Waals surface area contributed by atoms with E-state index in [1.54, 1.807) is 4.90 Å². The third kappa shape index (κ3) is 9.74. The summed E-state index contributed by atoms with van der Waals surface area (Å²) in [6.45, 7) is 7.20. The minimum Gasteiger partial charge on any atom is -0.480 e. The number of nitrogens with one attached hydrogen (secondary N) is 4. The Balaban J connectivity index is 1.85. The van der Waals surface area contributed by atoms with Crippen LogP contribution in [0, 0.1) is 5.92 Å². The van der Waals surface area contributed by atoms with Crippen LogP contribution in [-0.2, 0) is 20.8 Å². The molecule has 10 nitrogen and oxygen atoms in total. The number of nitrogens with zero attached hydrogens (tertiary/aromatic N) is 1. The first-order chi connectivity index (χ1) is 20.1. The Morgan fingerprint density at radius 2 is 1.55 bits per heavy atom. The summed E-state index contributed by atoms with van der Waals surface area (Å²) in [5, 5.41) is 19.1. The van der Waals surface area contributed by atoms with Crippen molar-refractivity contribution in [1.29, 1.82) is 0 Å². The average molecular weight is 649 g/mol. The molecule has 2 heterocycles. The van der Waals surface area contributed by atoms with Crippen molar-refractivity contribution in [3.63, 3.8) is 0 Å². The number of aliphatic carboxylic acids is 1. The molecular formula is C31H46BrN5O5. The maximum atomic E-state index is 13.7. The van der Waals surface area contributed by atoms with Crippen LogP contribution >= 0.6 is 15.9 Å². The number of rotatable bonds is 13. The molecule has 42 heavy (non-hydrogen) atoms. The number of aromatic nitrogens is 1. The number of H-pyrrole nitrogens is 1. The van der Waals surface area contributed by atoms with Crippen LogP contribution in [0.15, 0.2) is 28.9 Å². The number of aromatic amines is 1. The number of carbonyl (C=O) groups excluding carboxylic acids is 3. The number of fused-ring (bicyclic) bond motifs is 1. The van der Waals surface area contributed by atoms with Gasteiger partial charge >= 0.3 is 12.0 Å². The summed E-state index contributed by atoms with van der Waals surface area (Å²) in [5.74, 6) is -2.06. The predicted molar refractivity (Wildman–Crippen MR) is 167 cm³/mol. The maximum absolute atomic E-state index is 13.7. The SMILES string of the molecule is CCCC[C@@H](NC(=O)[C@@H](Cc1c(Br)[nH]c2ccccc12)NC(=O)[C@H](CC(C)C)NC(=O)N1CCCCCCC1)C(=O)O. The highest BCUT2D eigenvalue weighted by atomic mass is 79.9. The molecule has 3 rings (SSSR count). The van der Waals surface area contributed by atoms with Crippen LogP contribution in [0.5, 0.6) is 0 Å². The number of carbonyl (C=O) groups is 4. The highest BCUT2D eigenvalue weighted by Crippen LogP contribution is 2.28. The van der Waals surface area contributed by atoms with Crippen molar-refractivity contribution in [2.75, 3.05) is 13.1 Å². The van der Waals surface area contributed by atoms with Gasteiger partial charge in [0.25, 0.3) is 0 Å². The van der Waals surface area contributed by atoms with E-state index in [2.05, 4.69) is 36.9 Å². The van der Waals surface area contributed by atoms with E-state index < -0.39 is 35.9 Å². The summed E-state index contributed by atoms with van der Waals surface area (Å²) in [7, 11) is 0. The number of hydrogen-bond donors (Lipinski definition) is 5. The number of unbranched alkanes of at least 4 members (excludes halogenated alkanes) is 1. The van der Waals surface area contributed by atoms with Crippen molar-refractivity contribution in [2.24, 2.45) is 5.92 Å². The van der Waals surface area contributed by atoms with E-state index in [-0.39, 0.29) is 24.8 Å². The van der Waals surface area contributed by atoms with Crippen LogP contribution < -0.4 is 16.0 Å². The molecule has 0 saturated carbocycles. The number of urea groups is 1.